The second kappa shape index (κ2) is 5.90. The predicted molar refractivity (Wildman–Crippen MR) is 72.7 cm³/mol. The summed E-state index contributed by atoms with van der Waals surface area (Å²) in [6, 6.07) is 5.28. The highest BCUT2D eigenvalue weighted by Gasteiger charge is 2.07. The number of nitrogens with one attached hydrogen (secondary N) is 1. The monoisotopic (exact) mass is 300 g/mol. The maximum absolute atomic E-state index is 5.69. The van der Waals surface area contributed by atoms with Gasteiger partial charge in [0, 0.05) is 11.8 Å². The molecule has 1 aromatic heterocycles. The van der Waals surface area contributed by atoms with Gasteiger partial charge in [0.1, 0.15) is 0 Å². The van der Waals surface area contributed by atoms with Crippen molar-refractivity contribution < 1.29 is 9.47 Å². The van der Waals surface area contributed by atoms with Crippen LogP contribution in [0.5, 0.6) is 11.5 Å². The van der Waals surface area contributed by atoms with E-state index in [1.165, 1.54) is 0 Å². The van der Waals surface area contributed by atoms with Gasteiger partial charge >= 0.3 is 0 Å². The molecule has 1 N–H and O–H groups in total. The van der Waals surface area contributed by atoms with Crippen LogP contribution in [0.3, 0.4) is 0 Å². The summed E-state index contributed by atoms with van der Waals surface area (Å²) >= 11 is 11.4. The van der Waals surface area contributed by atoms with Crippen molar-refractivity contribution in [2.45, 2.75) is 0 Å². The highest BCUT2D eigenvalue weighted by Crippen LogP contribution is 2.30. The molecule has 0 bridgehead atoms. The third kappa shape index (κ3) is 3.36. The lowest BCUT2D eigenvalue weighted by Gasteiger charge is -2.10. The highest BCUT2D eigenvalue weighted by molar-refractivity contribution is 6.31. The SMILES string of the molecule is COc1ccc(Nc2nc(Cl)nc(Cl)n2)cc1OC. The smallest absolute Gasteiger partial charge is 0.232 e. The zero-order valence-corrected chi connectivity index (χ0v) is 11.7. The van der Waals surface area contributed by atoms with Crippen molar-refractivity contribution >= 4 is 34.8 Å². The molecule has 19 heavy (non-hydrogen) atoms. The third-order valence-corrected chi connectivity index (χ3v) is 2.56. The summed E-state index contributed by atoms with van der Waals surface area (Å²) < 4.78 is 10.3. The van der Waals surface area contributed by atoms with Crippen LogP contribution >= 0.6 is 23.2 Å². The Bertz CT molecular complexity index is 575. The van der Waals surface area contributed by atoms with Gasteiger partial charge in [0.15, 0.2) is 11.5 Å². The Morgan fingerprint density at radius 1 is 0.947 bits per heavy atom. The molecule has 1 heterocycles. The van der Waals surface area contributed by atoms with Crippen molar-refractivity contribution in [1.82, 2.24) is 15.0 Å². The van der Waals surface area contributed by atoms with Crippen LogP contribution in [0.25, 0.3) is 0 Å². The number of hydrogen-bond donors (Lipinski definition) is 1. The molecule has 2 aromatic rings. The first-order valence-electron chi connectivity index (χ1n) is 5.18. The largest absolute Gasteiger partial charge is 0.493 e. The quantitative estimate of drug-likeness (QED) is 0.936. The maximum Gasteiger partial charge on any atom is 0.232 e. The van der Waals surface area contributed by atoms with E-state index in [1.54, 1.807) is 32.4 Å². The van der Waals surface area contributed by atoms with Gasteiger partial charge in [-0.2, -0.15) is 15.0 Å². The number of ether oxygens (including phenoxy) is 2. The Morgan fingerprint density at radius 2 is 1.58 bits per heavy atom. The Morgan fingerprint density at radius 3 is 2.16 bits per heavy atom. The fraction of sp³-hybridized carbons (Fsp3) is 0.182. The number of anilines is 2. The van der Waals surface area contributed by atoms with Gasteiger partial charge in [-0.05, 0) is 35.3 Å². The molecule has 0 aliphatic heterocycles. The molecule has 0 spiro atoms. The lowest BCUT2D eigenvalue weighted by atomic mass is 10.3. The van der Waals surface area contributed by atoms with Crippen LogP contribution in [-0.4, -0.2) is 29.2 Å². The molecule has 0 aliphatic carbocycles. The van der Waals surface area contributed by atoms with Crippen LogP contribution < -0.4 is 14.8 Å². The fourth-order valence-electron chi connectivity index (χ4n) is 1.42. The van der Waals surface area contributed by atoms with E-state index in [-0.39, 0.29) is 16.5 Å². The molecule has 2 rings (SSSR count). The van der Waals surface area contributed by atoms with Crippen LogP contribution in [0.1, 0.15) is 0 Å². The third-order valence-electron chi connectivity index (χ3n) is 2.22. The standard InChI is InChI=1S/C11H10Cl2N4O2/c1-18-7-4-3-6(5-8(7)19-2)14-11-16-9(12)15-10(13)17-11/h3-5H,1-2H3,(H,14,15,16,17). The van der Waals surface area contributed by atoms with Crippen molar-refractivity contribution in [2.24, 2.45) is 0 Å². The number of nitrogens with zero attached hydrogens (tertiary/aromatic N) is 3. The molecule has 0 radical (unpaired) electrons. The van der Waals surface area contributed by atoms with Crippen LogP contribution in [0.15, 0.2) is 18.2 Å². The molecule has 8 heteroatoms. The predicted octanol–water partition coefficient (Wildman–Crippen LogP) is 2.94. The number of halogens is 2. The summed E-state index contributed by atoms with van der Waals surface area (Å²) in [5.74, 6) is 1.45. The second-order valence-electron chi connectivity index (χ2n) is 3.39. The van der Waals surface area contributed by atoms with E-state index in [0.29, 0.717) is 17.2 Å². The number of aromatic nitrogens is 3. The molecular weight excluding hydrogens is 291 g/mol. The van der Waals surface area contributed by atoms with E-state index in [2.05, 4.69) is 20.3 Å². The minimum absolute atomic E-state index is 0.0166. The van der Waals surface area contributed by atoms with E-state index in [0.717, 1.165) is 0 Å². The van der Waals surface area contributed by atoms with Gasteiger partial charge in [0.2, 0.25) is 16.5 Å². The minimum atomic E-state index is 0.0166. The maximum atomic E-state index is 5.69. The van der Waals surface area contributed by atoms with Crippen molar-refractivity contribution in [1.29, 1.82) is 0 Å². The summed E-state index contributed by atoms with van der Waals surface area (Å²) in [6.07, 6.45) is 0. The highest BCUT2D eigenvalue weighted by atomic mass is 35.5. The first kappa shape index (κ1) is 13.6. The molecular formula is C11H10Cl2N4O2. The fourth-order valence-corrected chi connectivity index (χ4v) is 1.79. The second-order valence-corrected chi connectivity index (χ2v) is 4.07. The molecule has 0 aliphatic rings. The lowest BCUT2D eigenvalue weighted by molar-refractivity contribution is 0.355. The average molecular weight is 301 g/mol. The summed E-state index contributed by atoms with van der Waals surface area (Å²) in [7, 11) is 3.12. The van der Waals surface area contributed by atoms with Crippen LogP contribution in [0, 0.1) is 0 Å². The number of benzene rings is 1. The van der Waals surface area contributed by atoms with Gasteiger partial charge in [-0.15, -0.1) is 0 Å². The van der Waals surface area contributed by atoms with Crippen molar-refractivity contribution in [3.8, 4) is 11.5 Å². The molecule has 0 saturated heterocycles. The van der Waals surface area contributed by atoms with Gasteiger partial charge in [0.05, 0.1) is 14.2 Å². The average Bonchev–Trinajstić information content (AvgIpc) is 2.37. The first-order valence-corrected chi connectivity index (χ1v) is 5.94. The topological polar surface area (TPSA) is 69.2 Å². The van der Waals surface area contributed by atoms with E-state index in [1.807, 2.05) is 0 Å². The molecule has 0 unspecified atom stereocenters. The zero-order valence-electron chi connectivity index (χ0n) is 10.1. The van der Waals surface area contributed by atoms with Crippen LogP contribution in [-0.2, 0) is 0 Å². The molecule has 1 aromatic carbocycles. The van der Waals surface area contributed by atoms with E-state index >= 15 is 0 Å². The van der Waals surface area contributed by atoms with Gasteiger partial charge in [-0.1, -0.05) is 0 Å². The molecule has 0 atom stereocenters. The Balaban J connectivity index is 2.28. The minimum Gasteiger partial charge on any atom is -0.493 e. The number of hydrogen-bond acceptors (Lipinski definition) is 6. The number of rotatable bonds is 4. The molecule has 0 fully saturated rings. The van der Waals surface area contributed by atoms with Crippen molar-refractivity contribution in [3.63, 3.8) is 0 Å². The Hall–Kier alpha value is -1.79. The van der Waals surface area contributed by atoms with Crippen molar-refractivity contribution in [2.75, 3.05) is 19.5 Å². The molecule has 0 saturated carbocycles. The summed E-state index contributed by atoms with van der Waals surface area (Å²) in [4.78, 5) is 11.5. The summed E-state index contributed by atoms with van der Waals surface area (Å²) in [5, 5.41) is 2.98. The van der Waals surface area contributed by atoms with E-state index in [4.69, 9.17) is 32.7 Å². The Labute approximate surface area is 119 Å². The molecule has 0 amide bonds. The van der Waals surface area contributed by atoms with Gasteiger partial charge < -0.3 is 14.8 Å². The summed E-state index contributed by atoms with van der Waals surface area (Å²) in [5.41, 5.74) is 0.705. The van der Waals surface area contributed by atoms with Crippen LogP contribution in [0.4, 0.5) is 11.6 Å². The van der Waals surface area contributed by atoms with Gasteiger partial charge in [-0.3, -0.25) is 0 Å². The summed E-state index contributed by atoms with van der Waals surface area (Å²) in [6.45, 7) is 0. The zero-order chi connectivity index (χ0) is 13.8. The van der Waals surface area contributed by atoms with E-state index in [9.17, 15) is 0 Å². The Kier molecular flexibility index (Phi) is 4.24. The number of methoxy groups -OCH3 is 2. The van der Waals surface area contributed by atoms with Gasteiger partial charge in [0.25, 0.3) is 0 Å². The van der Waals surface area contributed by atoms with Gasteiger partial charge in [-0.25, -0.2) is 0 Å². The molecule has 6 nitrogen and oxygen atoms in total. The lowest BCUT2D eigenvalue weighted by Crippen LogP contribution is -2.00. The van der Waals surface area contributed by atoms with Crippen LogP contribution in [0.2, 0.25) is 10.6 Å². The molecule has 100 valence electrons. The first-order chi connectivity index (χ1) is 9.12. The van der Waals surface area contributed by atoms with E-state index < -0.39 is 0 Å². The normalized spacial score (nSPS) is 10.1. The van der Waals surface area contributed by atoms with Crippen molar-refractivity contribution in [3.05, 3.63) is 28.8 Å².